The molecular formula is C16H14Cl2N2O2. The van der Waals surface area contributed by atoms with E-state index in [2.05, 4.69) is 5.32 Å². The lowest BCUT2D eigenvalue weighted by Crippen LogP contribution is -2.34. The maximum Gasteiger partial charge on any atom is 0.254 e. The van der Waals surface area contributed by atoms with Crippen LogP contribution in [0.5, 0.6) is 0 Å². The zero-order chi connectivity index (χ0) is 16.1. The Balaban J connectivity index is 1.97. The van der Waals surface area contributed by atoms with Gasteiger partial charge in [-0.15, -0.1) is 0 Å². The quantitative estimate of drug-likeness (QED) is 0.925. The van der Waals surface area contributed by atoms with Crippen LogP contribution in [0.3, 0.4) is 0 Å². The molecule has 0 radical (unpaired) electrons. The van der Waals surface area contributed by atoms with Crippen LogP contribution in [0.1, 0.15) is 10.4 Å². The fourth-order valence-corrected chi connectivity index (χ4v) is 2.16. The second kappa shape index (κ2) is 7.29. The predicted molar refractivity (Wildman–Crippen MR) is 88.5 cm³/mol. The van der Waals surface area contributed by atoms with Gasteiger partial charge in [-0.25, -0.2) is 0 Å². The third-order valence-electron chi connectivity index (χ3n) is 2.97. The lowest BCUT2D eigenvalue weighted by atomic mass is 10.2. The van der Waals surface area contributed by atoms with Crippen molar-refractivity contribution < 1.29 is 9.59 Å². The molecule has 1 N–H and O–H groups in total. The highest BCUT2D eigenvalue weighted by Crippen LogP contribution is 2.20. The number of amides is 2. The minimum absolute atomic E-state index is 0.0767. The van der Waals surface area contributed by atoms with Gasteiger partial charge in [-0.1, -0.05) is 35.3 Å². The molecule has 6 heteroatoms. The Bertz CT molecular complexity index is 687. The smallest absolute Gasteiger partial charge is 0.254 e. The molecule has 2 rings (SSSR count). The van der Waals surface area contributed by atoms with Crippen LogP contribution in [0, 0.1) is 0 Å². The lowest BCUT2D eigenvalue weighted by Gasteiger charge is -2.17. The van der Waals surface area contributed by atoms with E-state index < -0.39 is 0 Å². The SMILES string of the molecule is CN(CC(=O)Nc1ccccc1Cl)C(=O)c1ccc(Cl)cc1. The van der Waals surface area contributed by atoms with E-state index in [1.54, 1.807) is 55.6 Å². The number of nitrogens with one attached hydrogen (secondary N) is 1. The molecule has 0 bridgehead atoms. The van der Waals surface area contributed by atoms with Crippen LogP contribution >= 0.6 is 23.2 Å². The molecule has 0 atom stereocenters. The van der Waals surface area contributed by atoms with Gasteiger partial charge in [-0.2, -0.15) is 0 Å². The zero-order valence-electron chi connectivity index (χ0n) is 11.8. The van der Waals surface area contributed by atoms with E-state index in [1.807, 2.05) is 0 Å². The van der Waals surface area contributed by atoms with Crippen molar-refractivity contribution in [3.05, 3.63) is 64.1 Å². The molecule has 2 aromatic rings. The summed E-state index contributed by atoms with van der Waals surface area (Å²) in [6.45, 7) is -0.0767. The molecular weight excluding hydrogens is 323 g/mol. The Morgan fingerprint density at radius 3 is 2.32 bits per heavy atom. The van der Waals surface area contributed by atoms with Crippen LogP contribution < -0.4 is 5.32 Å². The Morgan fingerprint density at radius 1 is 1.05 bits per heavy atom. The van der Waals surface area contributed by atoms with Gasteiger partial charge in [0.15, 0.2) is 0 Å². The van der Waals surface area contributed by atoms with E-state index in [1.165, 1.54) is 4.90 Å². The van der Waals surface area contributed by atoms with Crippen LogP contribution in [0.2, 0.25) is 10.0 Å². The molecule has 2 amide bonds. The highest BCUT2D eigenvalue weighted by atomic mass is 35.5. The highest BCUT2D eigenvalue weighted by molar-refractivity contribution is 6.33. The summed E-state index contributed by atoms with van der Waals surface area (Å²) >= 11 is 11.8. The molecule has 0 heterocycles. The van der Waals surface area contributed by atoms with Gasteiger partial charge in [-0.05, 0) is 36.4 Å². The average molecular weight is 337 g/mol. The maximum absolute atomic E-state index is 12.2. The first-order valence-electron chi connectivity index (χ1n) is 6.53. The van der Waals surface area contributed by atoms with E-state index in [0.29, 0.717) is 21.3 Å². The first-order chi connectivity index (χ1) is 10.5. The Labute approximate surface area is 138 Å². The minimum Gasteiger partial charge on any atom is -0.332 e. The van der Waals surface area contributed by atoms with Crippen molar-refractivity contribution in [3.63, 3.8) is 0 Å². The Hall–Kier alpha value is -2.04. The summed E-state index contributed by atoms with van der Waals surface area (Å²) in [4.78, 5) is 25.5. The first-order valence-corrected chi connectivity index (χ1v) is 7.28. The summed E-state index contributed by atoms with van der Waals surface area (Å²) in [7, 11) is 1.56. The summed E-state index contributed by atoms with van der Waals surface area (Å²) in [6, 6.07) is 13.4. The molecule has 0 aliphatic carbocycles. The monoisotopic (exact) mass is 336 g/mol. The van der Waals surface area contributed by atoms with E-state index in [9.17, 15) is 9.59 Å². The Kier molecular flexibility index (Phi) is 5.41. The largest absolute Gasteiger partial charge is 0.332 e. The van der Waals surface area contributed by atoms with Crippen molar-refractivity contribution in [2.45, 2.75) is 0 Å². The topological polar surface area (TPSA) is 49.4 Å². The van der Waals surface area contributed by atoms with Gasteiger partial charge in [0.1, 0.15) is 0 Å². The standard InChI is InChI=1S/C16H14Cl2N2O2/c1-20(16(22)11-6-8-12(17)9-7-11)10-15(21)19-14-5-3-2-4-13(14)18/h2-9H,10H2,1H3,(H,19,21). The number of carbonyl (C=O) groups is 2. The number of hydrogen-bond acceptors (Lipinski definition) is 2. The van der Waals surface area contributed by atoms with Crippen molar-refractivity contribution in [2.75, 3.05) is 18.9 Å². The fraction of sp³-hybridized carbons (Fsp3) is 0.125. The number of halogens is 2. The molecule has 0 fully saturated rings. The number of hydrogen-bond donors (Lipinski definition) is 1. The number of carbonyl (C=O) groups excluding carboxylic acids is 2. The normalized spacial score (nSPS) is 10.1. The van der Waals surface area contributed by atoms with E-state index in [0.717, 1.165) is 0 Å². The molecule has 0 saturated carbocycles. The second-order valence-corrected chi connectivity index (χ2v) is 5.54. The number of anilines is 1. The van der Waals surface area contributed by atoms with Crippen LogP contribution in [0.15, 0.2) is 48.5 Å². The molecule has 0 aliphatic rings. The summed E-state index contributed by atoms with van der Waals surface area (Å²) in [5, 5.41) is 3.67. The number of nitrogens with zero attached hydrogens (tertiary/aromatic N) is 1. The van der Waals surface area contributed by atoms with Crippen LogP contribution in [-0.2, 0) is 4.79 Å². The van der Waals surface area contributed by atoms with Gasteiger partial charge in [0.25, 0.3) is 5.91 Å². The molecule has 0 saturated heterocycles. The van der Waals surface area contributed by atoms with E-state index in [4.69, 9.17) is 23.2 Å². The van der Waals surface area contributed by atoms with Crippen molar-refractivity contribution in [1.82, 2.24) is 4.90 Å². The van der Waals surface area contributed by atoms with Crippen LogP contribution in [0.25, 0.3) is 0 Å². The molecule has 114 valence electrons. The van der Waals surface area contributed by atoms with Gasteiger partial charge in [0, 0.05) is 17.6 Å². The summed E-state index contributed by atoms with van der Waals surface area (Å²) in [6.07, 6.45) is 0. The van der Waals surface area contributed by atoms with Crippen LogP contribution in [0.4, 0.5) is 5.69 Å². The third-order valence-corrected chi connectivity index (χ3v) is 3.55. The van der Waals surface area contributed by atoms with Crippen molar-refractivity contribution >= 4 is 40.7 Å². The second-order valence-electron chi connectivity index (χ2n) is 4.70. The molecule has 0 unspecified atom stereocenters. The molecule has 4 nitrogen and oxygen atoms in total. The molecule has 2 aromatic carbocycles. The Morgan fingerprint density at radius 2 is 1.68 bits per heavy atom. The van der Waals surface area contributed by atoms with Crippen molar-refractivity contribution in [3.8, 4) is 0 Å². The number of rotatable bonds is 4. The van der Waals surface area contributed by atoms with Gasteiger partial charge in [0.2, 0.25) is 5.91 Å². The van der Waals surface area contributed by atoms with E-state index in [-0.39, 0.29) is 18.4 Å². The number of likely N-dealkylation sites (N-methyl/N-ethyl adjacent to an activating group) is 1. The van der Waals surface area contributed by atoms with Gasteiger partial charge >= 0.3 is 0 Å². The predicted octanol–water partition coefficient (Wildman–Crippen LogP) is 3.70. The average Bonchev–Trinajstić information content (AvgIpc) is 2.49. The highest BCUT2D eigenvalue weighted by Gasteiger charge is 2.15. The van der Waals surface area contributed by atoms with Gasteiger partial charge in [0.05, 0.1) is 17.3 Å². The van der Waals surface area contributed by atoms with Gasteiger partial charge < -0.3 is 10.2 Å². The summed E-state index contributed by atoms with van der Waals surface area (Å²) < 4.78 is 0. The maximum atomic E-state index is 12.2. The van der Waals surface area contributed by atoms with E-state index >= 15 is 0 Å². The van der Waals surface area contributed by atoms with Gasteiger partial charge in [-0.3, -0.25) is 9.59 Å². The number of para-hydroxylation sites is 1. The van der Waals surface area contributed by atoms with Crippen LogP contribution in [-0.4, -0.2) is 30.3 Å². The molecule has 0 aromatic heterocycles. The van der Waals surface area contributed by atoms with Crippen molar-refractivity contribution in [1.29, 1.82) is 0 Å². The number of benzene rings is 2. The lowest BCUT2D eigenvalue weighted by molar-refractivity contribution is -0.116. The fourth-order valence-electron chi connectivity index (χ4n) is 1.85. The first kappa shape index (κ1) is 16.3. The molecule has 0 spiro atoms. The third kappa shape index (κ3) is 4.23. The van der Waals surface area contributed by atoms with Crippen molar-refractivity contribution in [2.24, 2.45) is 0 Å². The summed E-state index contributed by atoms with van der Waals surface area (Å²) in [5.74, 6) is -0.580. The molecule has 0 aliphatic heterocycles. The minimum atomic E-state index is -0.321. The molecule has 22 heavy (non-hydrogen) atoms. The zero-order valence-corrected chi connectivity index (χ0v) is 13.4. The summed E-state index contributed by atoms with van der Waals surface area (Å²) in [5.41, 5.74) is 0.985.